The number of fused-ring (bicyclic) bond motifs is 1. The highest BCUT2D eigenvalue weighted by molar-refractivity contribution is 5.90. The fourth-order valence-corrected chi connectivity index (χ4v) is 3.25. The number of nitrogens with zero attached hydrogens (tertiary/aromatic N) is 2. The topological polar surface area (TPSA) is 109 Å². The summed E-state index contributed by atoms with van der Waals surface area (Å²) in [5.74, 6) is 0.787. The Morgan fingerprint density at radius 2 is 1.97 bits per heavy atom. The standard InChI is InChI=1S/C25H19N3O4/c1-3-31-25(30)17-7-5-16(6-8-17)22-11-9-19(32-22)13-18(14-26)23-27-21-10-4-15(2)12-20(21)24(29)28-23/h4-13H,3H2,1-2H3,(H,27,28,29). The second-order valence-electron chi connectivity index (χ2n) is 7.10. The van der Waals surface area contributed by atoms with E-state index in [0.29, 0.717) is 34.6 Å². The number of esters is 1. The van der Waals surface area contributed by atoms with Crippen LogP contribution in [0.1, 0.15) is 34.4 Å². The Morgan fingerprint density at radius 3 is 2.69 bits per heavy atom. The molecule has 0 aliphatic carbocycles. The van der Waals surface area contributed by atoms with E-state index in [1.165, 1.54) is 6.08 Å². The van der Waals surface area contributed by atoms with E-state index in [4.69, 9.17) is 9.15 Å². The van der Waals surface area contributed by atoms with Gasteiger partial charge in [-0.1, -0.05) is 23.8 Å². The number of carbonyl (C=O) groups is 1. The number of hydrogen-bond donors (Lipinski definition) is 1. The molecule has 7 heteroatoms. The predicted octanol–water partition coefficient (Wildman–Crippen LogP) is 4.73. The van der Waals surface area contributed by atoms with Crippen LogP contribution in [-0.4, -0.2) is 22.5 Å². The highest BCUT2D eigenvalue weighted by Gasteiger charge is 2.12. The van der Waals surface area contributed by atoms with Crippen LogP contribution in [0.5, 0.6) is 0 Å². The number of hydrogen-bond acceptors (Lipinski definition) is 6. The molecule has 2 aromatic carbocycles. The van der Waals surface area contributed by atoms with E-state index in [1.54, 1.807) is 55.5 Å². The van der Waals surface area contributed by atoms with Crippen molar-refractivity contribution in [2.45, 2.75) is 13.8 Å². The van der Waals surface area contributed by atoms with Crippen molar-refractivity contribution in [3.63, 3.8) is 0 Å². The van der Waals surface area contributed by atoms with Crippen molar-refractivity contribution in [1.29, 1.82) is 5.26 Å². The molecule has 1 N–H and O–H groups in total. The Morgan fingerprint density at radius 1 is 1.19 bits per heavy atom. The fraction of sp³-hybridized carbons (Fsp3) is 0.120. The quantitative estimate of drug-likeness (QED) is 0.366. The predicted molar refractivity (Wildman–Crippen MR) is 121 cm³/mol. The molecular formula is C25H19N3O4. The van der Waals surface area contributed by atoms with E-state index in [-0.39, 0.29) is 22.9 Å². The number of aryl methyl sites for hydroxylation is 1. The molecule has 2 heterocycles. The van der Waals surface area contributed by atoms with Gasteiger partial charge in [-0.25, -0.2) is 9.78 Å². The summed E-state index contributed by atoms with van der Waals surface area (Å²) in [5, 5.41) is 10.1. The molecular weight excluding hydrogens is 406 g/mol. The van der Waals surface area contributed by atoms with Crippen LogP contribution in [0.4, 0.5) is 0 Å². The number of H-pyrrole nitrogens is 1. The van der Waals surface area contributed by atoms with Gasteiger partial charge in [0.1, 0.15) is 17.6 Å². The largest absolute Gasteiger partial charge is 0.462 e. The lowest BCUT2D eigenvalue weighted by Gasteiger charge is -2.03. The Kier molecular flexibility index (Phi) is 5.69. The molecule has 4 rings (SSSR count). The molecule has 2 aromatic heterocycles. The first-order valence-electron chi connectivity index (χ1n) is 9.98. The molecule has 0 bridgehead atoms. The van der Waals surface area contributed by atoms with Gasteiger partial charge in [0.25, 0.3) is 5.56 Å². The van der Waals surface area contributed by atoms with Gasteiger partial charge in [0.2, 0.25) is 0 Å². The van der Waals surface area contributed by atoms with E-state index in [1.807, 2.05) is 13.0 Å². The number of benzene rings is 2. The van der Waals surface area contributed by atoms with Crippen molar-refractivity contribution in [2.24, 2.45) is 0 Å². The van der Waals surface area contributed by atoms with E-state index >= 15 is 0 Å². The van der Waals surface area contributed by atoms with E-state index < -0.39 is 0 Å². The summed E-state index contributed by atoms with van der Waals surface area (Å²) in [4.78, 5) is 31.3. The Bertz CT molecular complexity index is 1440. The molecule has 0 unspecified atom stereocenters. The molecule has 0 amide bonds. The molecule has 0 saturated carbocycles. The first kappa shape index (κ1) is 20.8. The lowest BCUT2D eigenvalue weighted by Crippen LogP contribution is -2.11. The maximum atomic E-state index is 12.4. The van der Waals surface area contributed by atoms with Crippen molar-refractivity contribution in [3.05, 3.63) is 87.7 Å². The summed E-state index contributed by atoms with van der Waals surface area (Å²) in [6.45, 7) is 3.96. The van der Waals surface area contributed by atoms with Crippen LogP contribution in [0, 0.1) is 18.3 Å². The zero-order chi connectivity index (χ0) is 22.7. The van der Waals surface area contributed by atoms with Crippen molar-refractivity contribution in [1.82, 2.24) is 9.97 Å². The van der Waals surface area contributed by atoms with Crippen LogP contribution >= 0.6 is 0 Å². The summed E-state index contributed by atoms with van der Waals surface area (Å²) < 4.78 is 10.8. The van der Waals surface area contributed by atoms with Gasteiger partial charge in [-0.15, -0.1) is 0 Å². The number of nitriles is 1. The lowest BCUT2D eigenvalue weighted by molar-refractivity contribution is 0.0526. The monoisotopic (exact) mass is 425 g/mol. The number of carbonyl (C=O) groups excluding carboxylic acids is 1. The molecule has 0 aliphatic rings. The number of rotatable bonds is 5. The van der Waals surface area contributed by atoms with Gasteiger partial charge >= 0.3 is 5.97 Å². The molecule has 4 aromatic rings. The third kappa shape index (κ3) is 4.20. The molecule has 0 radical (unpaired) electrons. The number of aromatic amines is 1. The minimum Gasteiger partial charge on any atom is -0.462 e. The second kappa shape index (κ2) is 8.74. The molecule has 0 spiro atoms. The van der Waals surface area contributed by atoms with Crippen molar-refractivity contribution in [3.8, 4) is 17.4 Å². The minimum atomic E-state index is -0.382. The average molecular weight is 425 g/mol. The van der Waals surface area contributed by atoms with Gasteiger partial charge in [-0.05, 0) is 50.2 Å². The minimum absolute atomic E-state index is 0.170. The van der Waals surface area contributed by atoms with E-state index in [2.05, 4.69) is 16.0 Å². The zero-order valence-electron chi connectivity index (χ0n) is 17.5. The molecule has 0 atom stereocenters. The Balaban J connectivity index is 1.64. The summed E-state index contributed by atoms with van der Waals surface area (Å²) in [6.07, 6.45) is 1.52. The number of aromatic nitrogens is 2. The van der Waals surface area contributed by atoms with Crippen LogP contribution in [0.15, 0.2) is 63.8 Å². The molecule has 0 fully saturated rings. The van der Waals surface area contributed by atoms with Gasteiger partial charge in [-0.2, -0.15) is 5.26 Å². The van der Waals surface area contributed by atoms with E-state index in [9.17, 15) is 14.9 Å². The van der Waals surface area contributed by atoms with Crippen LogP contribution in [0.25, 0.3) is 33.9 Å². The summed E-state index contributed by atoms with van der Waals surface area (Å²) in [6, 6.07) is 17.8. The van der Waals surface area contributed by atoms with Gasteiger partial charge in [-0.3, -0.25) is 4.79 Å². The van der Waals surface area contributed by atoms with Crippen LogP contribution in [-0.2, 0) is 4.74 Å². The number of nitrogens with one attached hydrogen (secondary N) is 1. The maximum absolute atomic E-state index is 12.4. The smallest absolute Gasteiger partial charge is 0.338 e. The van der Waals surface area contributed by atoms with Gasteiger partial charge < -0.3 is 14.1 Å². The molecule has 0 saturated heterocycles. The van der Waals surface area contributed by atoms with Crippen molar-refractivity contribution >= 4 is 28.5 Å². The summed E-state index contributed by atoms with van der Waals surface area (Å²) in [7, 11) is 0. The highest BCUT2D eigenvalue weighted by atomic mass is 16.5. The zero-order valence-corrected chi connectivity index (χ0v) is 17.5. The van der Waals surface area contributed by atoms with Gasteiger partial charge in [0, 0.05) is 11.6 Å². The molecule has 0 aliphatic heterocycles. The SMILES string of the molecule is CCOC(=O)c1ccc(-c2ccc(C=C(C#N)c3nc4ccc(C)cc4c(=O)[nH]3)o2)cc1. The molecule has 7 nitrogen and oxygen atoms in total. The Hall–Kier alpha value is -4.44. The summed E-state index contributed by atoms with van der Waals surface area (Å²) in [5.41, 5.74) is 2.54. The number of allylic oxidation sites excluding steroid dienone is 1. The van der Waals surface area contributed by atoms with Crippen molar-refractivity contribution in [2.75, 3.05) is 6.61 Å². The third-order valence-corrected chi connectivity index (χ3v) is 4.83. The van der Waals surface area contributed by atoms with Crippen LogP contribution in [0.3, 0.4) is 0 Å². The first-order valence-corrected chi connectivity index (χ1v) is 9.98. The summed E-state index contributed by atoms with van der Waals surface area (Å²) >= 11 is 0. The lowest BCUT2D eigenvalue weighted by atomic mass is 10.1. The average Bonchev–Trinajstić information content (AvgIpc) is 3.27. The second-order valence-corrected chi connectivity index (χ2v) is 7.10. The number of ether oxygens (including phenoxy) is 1. The van der Waals surface area contributed by atoms with Gasteiger partial charge in [0.05, 0.1) is 28.6 Å². The van der Waals surface area contributed by atoms with Crippen LogP contribution < -0.4 is 5.56 Å². The van der Waals surface area contributed by atoms with Crippen LogP contribution in [0.2, 0.25) is 0 Å². The highest BCUT2D eigenvalue weighted by Crippen LogP contribution is 2.25. The van der Waals surface area contributed by atoms with E-state index in [0.717, 1.165) is 11.1 Å². The Labute approximate surface area is 183 Å². The number of furan rings is 1. The fourth-order valence-electron chi connectivity index (χ4n) is 3.25. The van der Waals surface area contributed by atoms with Crippen molar-refractivity contribution < 1.29 is 13.9 Å². The first-order chi connectivity index (χ1) is 15.5. The van der Waals surface area contributed by atoms with Gasteiger partial charge in [0.15, 0.2) is 5.82 Å². The molecule has 158 valence electrons. The normalized spacial score (nSPS) is 11.3. The third-order valence-electron chi connectivity index (χ3n) is 4.83. The molecule has 32 heavy (non-hydrogen) atoms. The maximum Gasteiger partial charge on any atom is 0.338 e.